The number of carbonyl (C=O) groups excluding carboxylic acids is 2. The van der Waals surface area contributed by atoms with Crippen molar-refractivity contribution in [3.05, 3.63) is 35.9 Å². The van der Waals surface area contributed by atoms with Crippen molar-refractivity contribution in [3.8, 4) is 0 Å². The molecule has 13 nitrogen and oxygen atoms in total. The van der Waals surface area contributed by atoms with E-state index in [0.717, 1.165) is 5.56 Å². The molecular formula is C38H63N3O10. The number of benzene rings is 1. The molecule has 1 aromatic rings. The smallest absolute Gasteiger partial charge is 0.312 e. The molecule has 0 aromatic heterocycles. The summed E-state index contributed by atoms with van der Waals surface area (Å²) in [7, 11) is 5.30. The Morgan fingerprint density at radius 3 is 2.25 bits per heavy atom. The minimum Gasteiger partial charge on any atom is -0.461 e. The van der Waals surface area contributed by atoms with E-state index in [1.54, 1.807) is 20.8 Å². The van der Waals surface area contributed by atoms with Gasteiger partial charge in [0.1, 0.15) is 23.9 Å². The number of nitrogens with two attached hydrogens (primary N) is 1. The number of methoxy groups -OCH3 is 1. The summed E-state index contributed by atoms with van der Waals surface area (Å²) in [6, 6.07) is 8.85. The number of nitrogens with zero attached hydrogens (tertiary/aromatic N) is 2. The van der Waals surface area contributed by atoms with Crippen LogP contribution in [0, 0.1) is 23.7 Å². The van der Waals surface area contributed by atoms with Gasteiger partial charge in [0, 0.05) is 30.7 Å². The first-order valence-electron chi connectivity index (χ1n) is 18.1. The average molecular weight is 722 g/mol. The van der Waals surface area contributed by atoms with Gasteiger partial charge in [-0.05, 0) is 72.5 Å². The first-order chi connectivity index (χ1) is 23.8. The third-order valence-electron chi connectivity index (χ3n) is 11.1. The fourth-order valence-corrected chi connectivity index (χ4v) is 7.99. The van der Waals surface area contributed by atoms with Gasteiger partial charge in [0.25, 0.3) is 0 Å². The van der Waals surface area contributed by atoms with E-state index in [1.165, 1.54) is 14.0 Å². The average Bonchev–Trinajstić information content (AvgIpc) is 3.08. The molecular weight excluding hydrogens is 658 g/mol. The van der Waals surface area contributed by atoms with Crippen LogP contribution in [-0.4, -0.2) is 119 Å². The predicted octanol–water partition coefficient (Wildman–Crippen LogP) is 3.05. The highest BCUT2D eigenvalue weighted by Crippen LogP contribution is 2.40. The normalized spacial score (nSPS) is 41.2. The van der Waals surface area contributed by atoms with E-state index in [2.05, 4.69) is 5.10 Å². The summed E-state index contributed by atoms with van der Waals surface area (Å²) in [4.78, 5) is 29.6. The standard InChI is InChI=1S/C38H63N3O10/c1-12-28-38(8,46)33(44)23(4)30(40-39)21(2)20-37(7,47-11)34(51-36-31(43)27(41(9)10)18-22(3)48-36)24(5)32(25(6)35(45)49-28)50-29(42)19-26-16-14-13-15-17-26/h13-17,21-25,27-28,31-34,36,43-44,46H,12,18-20,39H2,1-11H3/b40-30+/t21-,22?,23+,24+,25-,27?,28-,31?,32+,33-,34-,36?,37-,38-/m1/s1. The Kier molecular flexibility index (Phi) is 15.0. The lowest BCUT2D eigenvalue weighted by atomic mass is 9.73. The van der Waals surface area contributed by atoms with Crippen LogP contribution in [0.25, 0.3) is 0 Å². The van der Waals surface area contributed by atoms with Crippen molar-refractivity contribution >= 4 is 17.7 Å². The van der Waals surface area contributed by atoms with Gasteiger partial charge in [-0.3, -0.25) is 9.59 Å². The van der Waals surface area contributed by atoms with Crippen molar-refractivity contribution in [2.45, 2.75) is 141 Å². The van der Waals surface area contributed by atoms with E-state index >= 15 is 0 Å². The quantitative estimate of drug-likeness (QED) is 0.175. The number of likely N-dealkylation sites (N-methyl/N-ethyl adjacent to an activating group) is 1. The molecule has 0 aliphatic carbocycles. The van der Waals surface area contributed by atoms with Gasteiger partial charge >= 0.3 is 11.9 Å². The lowest BCUT2D eigenvalue weighted by molar-refractivity contribution is -0.301. The molecule has 13 heteroatoms. The number of ether oxygens (including phenoxy) is 5. The fraction of sp³-hybridized carbons (Fsp3) is 0.763. The van der Waals surface area contributed by atoms with Gasteiger partial charge < -0.3 is 49.7 Å². The predicted molar refractivity (Wildman–Crippen MR) is 192 cm³/mol. The summed E-state index contributed by atoms with van der Waals surface area (Å²) in [6.07, 6.45) is -6.05. The maximum atomic E-state index is 14.0. The maximum absolute atomic E-state index is 14.0. The van der Waals surface area contributed by atoms with Gasteiger partial charge in [-0.15, -0.1) is 0 Å². The molecule has 2 aliphatic heterocycles. The van der Waals surface area contributed by atoms with Gasteiger partial charge in [-0.1, -0.05) is 58.0 Å². The first kappa shape index (κ1) is 42.8. The lowest BCUT2D eigenvalue weighted by Crippen LogP contribution is -2.60. The van der Waals surface area contributed by atoms with Crippen LogP contribution in [0.4, 0.5) is 0 Å². The molecule has 2 aliphatic rings. The number of aliphatic hydroxyl groups excluding tert-OH is 2. The van der Waals surface area contributed by atoms with E-state index < -0.39 is 83.6 Å². The Bertz CT molecular complexity index is 1310. The van der Waals surface area contributed by atoms with E-state index in [0.29, 0.717) is 12.1 Å². The molecule has 1 aromatic carbocycles. The minimum absolute atomic E-state index is 0.0465. The number of hydrogen-bond acceptors (Lipinski definition) is 13. The van der Waals surface area contributed by atoms with Crippen molar-refractivity contribution in [2.75, 3.05) is 21.2 Å². The summed E-state index contributed by atoms with van der Waals surface area (Å²) >= 11 is 0. The van der Waals surface area contributed by atoms with Crippen molar-refractivity contribution in [1.82, 2.24) is 4.90 Å². The number of aliphatic hydroxyl groups is 3. The zero-order valence-corrected chi connectivity index (χ0v) is 32.3. The molecule has 5 N–H and O–H groups in total. The molecule has 0 amide bonds. The van der Waals surface area contributed by atoms with Gasteiger partial charge in [0.2, 0.25) is 0 Å². The topological polar surface area (TPSA) is 183 Å². The van der Waals surface area contributed by atoms with Crippen molar-refractivity contribution in [1.29, 1.82) is 0 Å². The molecule has 0 radical (unpaired) electrons. The summed E-state index contributed by atoms with van der Waals surface area (Å²) in [5, 5.41) is 38.9. The number of hydrazone groups is 1. The highest BCUT2D eigenvalue weighted by Gasteiger charge is 2.52. The molecule has 14 atom stereocenters. The van der Waals surface area contributed by atoms with Crippen LogP contribution in [0.15, 0.2) is 35.4 Å². The zero-order valence-electron chi connectivity index (χ0n) is 32.3. The Morgan fingerprint density at radius 1 is 1.08 bits per heavy atom. The van der Waals surface area contributed by atoms with Crippen LogP contribution in [0.5, 0.6) is 0 Å². The molecule has 290 valence electrons. The van der Waals surface area contributed by atoms with E-state index in [1.807, 2.05) is 77.0 Å². The molecule has 2 heterocycles. The Morgan fingerprint density at radius 2 is 1.71 bits per heavy atom. The summed E-state index contributed by atoms with van der Waals surface area (Å²) in [5.41, 5.74) is -1.94. The maximum Gasteiger partial charge on any atom is 0.312 e. The largest absolute Gasteiger partial charge is 0.461 e. The second-order valence-electron chi connectivity index (χ2n) is 15.4. The molecule has 0 spiro atoms. The van der Waals surface area contributed by atoms with Gasteiger partial charge in [0.05, 0.1) is 36.3 Å². The van der Waals surface area contributed by atoms with Crippen LogP contribution in [0.1, 0.15) is 80.2 Å². The highest BCUT2D eigenvalue weighted by atomic mass is 16.7. The van der Waals surface area contributed by atoms with Crippen molar-refractivity contribution in [3.63, 3.8) is 0 Å². The van der Waals surface area contributed by atoms with Crippen LogP contribution in [0.2, 0.25) is 0 Å². The highest BCUT2D eigenvalue weighted by molar-refractivity contribution is 5.89. The number of carbonyl (C=O) groups is 2. The zero-order chi connectivity index (χ0) is 38.4. The van der Waals surface area contributed by atoms with Crippen LogP contribution >= 0.6 is 0 Å². The summed E-state index contributed by atoms with van der Waals surface area (Å²) in [5.74, 6) is 1.67. The van der Waals surface area contributed by atoms with Crippen LogP contribution < -0.4 is 5.84 Å². The molecule has 3 rings (SSSR count). The van der Waals surface area contributed by atoms with E-state index in [9.17, 15) is 24.9 Å². The number of hydrogen-bond donors (Lipinski definition) is 4. The Hall–Kier alpha value is -2.65. The lowest BCUT2D eigenvalue weighted by Gasteiger charge is -2.48. The molecule has 2 saturated heterocycles. The second-order valence-corrected chi connectivity index (χ2v) is 15.4. The monoisotopic (exact) mass is 721 g/mol. The van der Waals surface area contributed by atoms with Crippen molar-refractivity contribution < 1.29 is 48.6 Å². The molecule has 2 fully saturated rings. The van der Waals surface area contributed by atoms with E-state index in [4.69, 9.17) is 29.5 Å². The number of rotatable bonds is 8. The number of cyclic esters (lactones) is 1. The molecule has 0 saturated carbocycles. The fourth-order valence-electron chi connectivity index (χ4n) is 7.99. The molecule has 51 heavy (non-hydrogen) atoms. The number of esters is 2. The summed E-state index contributed by atoms with van der Waals surface area (Å²) < 4.78 is 31.4. The summed E-state index contributed by atoms with van der Waals surface area (Å²) in [6.45, 7) is 13.9. The van der Waals surface area contributed by atoms with Gasteiger partial charge in [0.15, 0.2) is 6.29 Å². The van der Waals surface area contributed by atoms with Crippen molar-refractivity contribution in [2.24, 2.45) is 34.6 Å². The van der Waals surface area contributed by atoms with Crippen LogP contribution in [0.3, 0.4) is 0 Å². The SMILES string of the molecule is CC[C@H]1OC(=O)[C@H](C)[C@@H](OC(=O)Cc2ccccc2)[C@H](C)[C@@H](OC2OC(C)CC(N(C)C)C2O)[C@](C)(OC)C[C@@H](C)/C(=N\N)[C@H](C)[C@@H](O)[C@]1(C)O. The Labute approximate surface area is 303 Å². The molecule has 0 bridgehead atoms. The third-order valence-corrected chi connectivity index (χ3v) is 11.1. The van der Waals surface area contributed by atoms with Gasteiger partial charge in [-0.2, -0.15) is 5.10 Å². The van der Waals surface area contributed by atoms with Crippen LogP contribution in [-0.2, 0) is 39.7 Å². The second kappa shape index (κ2) is 17.9. The Balaban J connectivity index is 2.21. The minimum atomic E-state index is -1.89. The van der Waals surface area contributed by atoms with Gasteiger partial charge in [-0.25, -0.2) is 0 Å². The third kappa shape index (κ3) is 9.87. The first-order valence-corrected chi connectivity index (χ1v) is 18.1. The van der Waals surface area contributed by atoms with E-state index in [-0.39, 0.29) is 31.4 Å². The molecule has 4 unspecified atom stereocenters.